The molecule has 1 aliphatic carbocycles. The van der Waals surface area contributed by atoms with Gasteiger partial charge in [-0.2, -0.15) is 5.21 Å². The summed E-state index contributed by atoms with van der Waals surface area (Å²) in [6, 6.07) is 0. The molecule has 4 heteroatoms. The summed E-state index contributed by atoms with van der Waals surface area (Å²) in [5.74, 6) is 0.654. The molecule has 0 atom stereocenters. The first kappa shape index (κ1) is 8.62. The highest BCUT2D eigenvalue weighted by molar-refractivity contribution is 5.62. The number of allylic oxidation sites excluding steroid dienone is 8. The number of hydrogen-bond acceptors (Lipinski definition) is 3. The van der Waals surface area contributed by atoms with Crippen molar-refractivity contribution in [3.63, 3.8) is 0 Å². The van der Waals surface area contributed by atoms with E-state index in [2.05, 4.69) is 26.7 Å². The van der Waals surface area contributed by atoms with E-state index in [9.17, 15) is 0 Å². The number of aromatic amines is 1. The third kappa shape index (κ3) is 2.04. The molecule has 0 bridgehead atoms. The predicted molar refractivity (Wildman–Crippen MR) is 54.2 cm³/mol. The van der Waals surface area contributed by atoms with Crippen molar-refractivity contribution >= 4 is 5.57 Å². The van der Waals surface area contributed by atoms with Crippen LogP contribution >= 0.6 is 0 Å². The lowest BCUT2D eigenvalue weighted by Crippen LogP contribution is -1.86. The average molecular weight is 186 g/mol. The summed E-state index contributed by atoms with van der Waals surface area (Å²) in [5, 5.41) is 13.9. The second kappa shape index (κ2) is 4.32. The Morgan fingerprint density at radius 3 is 2.79 bits per heavy atom. The first-order valence-corrected chi connectivity index (χ1v) is 4.39. The van der Waals surface area contributed by atoms with E-state index in [-0.39, 0.29) is 0 Å². The lowest BCUT2D eigenvalue weighted by molar-refractivity contribution is 0.881. The van der Waals surface area contributed by atoms with Crippen molar-refractivity contribution in [1.29, 1.82) is 0 Å². The molecule has 1 heterocycles. The van der Waals surface area contributed by atoms with Crippen molar-refractivity contribution in [2.45, 2.75) is 6.42 Å². The Morgan fingerprint density at radius 1 is 1.07 bits per heavy atom. The molecule has 0 fully saturated rings. The third-order valence-corrected chi connectivity index (χ3v) is 1.85. The molecule has 0 spiro atoms. The lowest BCUT2D eigenvalue weighted by atomic mass is 10.1. The van der Waals surface area contributed by atoms with Gasteiger partial charge in [-0.1, -0.05) is 42.5 Å². The average Bonchev–Trinajstić information content (AvgIpc) is 2.75. The van der Waals surface area contributed by atoms with Crippen LogP contribution in [0, 0.1) is 0 Å². The van der Waals surface area contributed by atoms with E-state index in [1.807, 2.05) is 36.5 Å². The molecular weight excluding hydrogens is 176 g/mol. The van der Waals surface area contributed by atoms with Crippen molar-refractivity contribution in [3.8, 4) is 0 Å². The van der Waals surface area contributed by atoms with Crippen LogP contribution in [0.2, 0.25) is 0 Å². The van der Waals surface area contributed by atoms with Crippen LogP contribution < -0.4 is 0 Å². The molecule has 14 heavy (non-hydrogen) atoms. The normalized spacial score (nSPS) is 24.1. The zero-order valence-electron chi connectivity index (χ0n) is 7.59. The number of aromatic nitrogens is 4. The predicted octanol–water partition coefficient (Wildman–Crippen LogP) is 1.66. The van der Waals surface area contributed by atoms with Gasteiger partial charge in [-0.15, -0.1) is 10.2 Å². The molecule has 1 aromatic heterocycles. The van der Waals surface area contributed by atoms with Gasteiger partial charge >= 0.3 is 0 Å². The maximum atomic E-state index is 3.94. The fourth-order valence-electron chi connectivity index (χ4n) is 1.17. The van der Waals surface area contributed by atoms with Gasteiger partial charge in [0.2, 0.25) is 5.82 Å². The molecule has 1 N–H and O–H groups in total. The highest BCUT2D eigenvalue weighted by Gasteiger charge is 2.03. The monoisotopic (exact) mass is 186 g/mol. The van der Waals surface area contributed by atoms with Crippen molar-refractivity contribution in [1.82, 2.24) is 20.6 Å². The Bertz CT molecular complexity index is 396. The molecular formula is C10H10N4. The van der Waals surface area contributed by atoms with Gasteiger partial charge in [0.1, 0.15) is 0 Å². The molecule has 0 unspecified atom stereocenters. The summed E-state index contributed by atoms with van der Waals surface area (Å²) in [6.07, 6.45) is 14.8. The third-order valence-electron chi connectivity index (χ3n) is 1.85. The Labute approximate surface area is 81.7 Å². The van der Waals surface area contributed by atoms with E-state index >= 15 is 0 Å². The van der Waals surface area contributed by atoms with Gasteiger partial charge in [0.05, 0.1) is 0 Å². The molecule has 4 nitrogen and oxygen atoms in total. The Hall–Kier alpha value is -1.97. The standard InChI is InChI=1S/C10H10N4/c1-2-4-6-8-9(7-5-3-1)10-11-13-14-12-10/h1-7H,8H2,(H,11,12,13,14)/b2-1-,5-3-,6-4?,9-7+. The van der Waals surface area contributed by atoms with Crippen LogP contribution in [0.25, 0.3) is 5.57 Å². The van der Waals surface area contributed by atoms with Crippen LogP contribution in [-0.2, 0) is 0 Å². The largest absolute Gasteiger partial charge is 0.200 e. The lowest BCUT2D eigenvalue weighted by Gasteiger charge is -1.94. The SMILES string of the molecule is C1=CC\C(c2nn[nH]n2)=C/C=C\C=C/1. The second-order valence-electron chi connectivity index (χ2n) is 2.83. The van der Waals surface area contributed by atoms with Gasteiger partial charge in [-0.3, -0.25) is 0 Å². The zero-order valence-corrected chi connectivity index (χ0v) is 7.59. The second-order valence-corrected chi connectivity index (χ2v) is 2.83. The minimum absolute atomic E-state index is 0.654. The Kier molecular flexibility index (Phi) is 2.66. The van der Waals surface area contributed by atoms with Gasteiger partial charge in [-0.25, -0.2) is 0 Å². The fourth-order valence-corrected chi connectivity index (χ4v) is 1.17. The summed E-state index contributed by atoms with van der Waals surface area (Å²) in [7, 11) is 0. The van der Waals surface area contributed by atoms with Crippen LogP contribution in [0.5, 0.6) is 0 Å². The maximum Gasteiger partial charge on any atom is 0.200 e. The van der Waals surface area contributed by atoms with Crippen LogP contribution in [0.1, 0.15) is 12.2 Å². The number of rotatable bonds is 1. The van der Waals surface area contributed by atoms with Crippen LogP contribution in [0.4, 0.5) is 0 Å². The van der Waals surface area contributed by atoms with Gasteiger partial charge in [-0.05, 0) is 11.6 Å². The summed E-state index contributed by atoms with van der Waals surface area (Å²) in [5.41, 5.74) is 1.05. The van der Waals surface area contributed by atoms with Crippen molar-refractivity contribution in [2.24, 2.45) is 0 Å². The summed E-state index contributed by atoms with van der Waals surface area (Å²) >= 11 is 0. The minimum atomic E-state index is 0.654. The van der Waals surface area contributed by atoms with Crippen LogP contribution in [0.3, 0.4) is 0 Å². The molecule has 0 aromatic carbocycles. The highest BCUT2D eigenvalue weighted by atomic mass is 15.5. The van der Waals surface area contributed by atoms with E-state index in [1.54, 1.807) is 0 Å². The molecule has 2 rings (SSSR count). The van der Waals surface area contributed by atoms with Crippen molar-refractivity contribution < 1.29 is 0 Å². The number of H-pyrrole nitrogens is 1. The molecule has 1 aliphatic rings. The summed E-state index contributed by atoms with van der Waals surface area (Å²) in [4.78, 5) is 0. The molecule has 0 radical (unpaired) electrons. The molecule has 0 aliphatic heterocycles. The van der Waals surface area contributed by atoms with Gasteiger partial charge in [0, 0.05) is 5.57 Å². The Balaban J connectivity index is 2.26. The van der Waals surface area contributed by atoms with E-state index < -0.39 is 0 Å². The number of tetrazole rings is 1. The highest BCUT2D eigenvalue weighted by Crippen LogP contribution is 2.14. The minimum Gasteiger partial charge on any atom is -0.177 e. The molecule has 0 amide bonds. The number of nitrogens with one attached hydrogen (secondary N) is 1. The quantitative estimate of drug-likeness (QED) is 0.725. The van der Waals surface area contributed by atoms with E-state index in [0.29, 0.717) is 5.82 Å². The number of hydrogen-bond donors (Lipinski definition) is 1. The molecule has 0 saturated carbocycles. The van der Waals surface area contributed by atoms with Crippen molar-refractivity contribution in [3.05, 3.63) is 48.4 Å². The molecule has 0 saturated heterocycles. The van der Waals surface area contributed by atoms with Gasteiger partial charge in [0.25, 0.3) is 0 Å². The summed E-state index contributed by atoms with van der Waals surface area (Å²) < 4.78 is 0. The van der Waals surface area contributed by atoms with Gasteiger partial charge < -0.3 is 0 Å². The number of nitrogens with zero attached hydrogens (tertiary/aromatic N) is 3. The van der Waals surface area contributed by atoms with E-state index in [0.717, 1.165) is 12.0 Å². The molecule has 70 valence electrons. The first-order chi connectivity index (χ1) is 6.97. The molecule has 1 aromatic rings. The summed E-state index contributed by atoms with van der Waals surface area (Å²) in [6.45, 7) is 0. The van der Waals surface area contributed by atoms with Gasteiger partial charge in [0.15, 0.2) is 0 Å². The van der Waals surface area contributed by atoms with Crippen LogP contribution in [-0.4, -0.2) is 20.6 Å². The van der Waals surface area contributed by atoms with E-state index in [1.165, 1.54) is 0 Å². The first-order valence-electron chi connectivity index (χ1n) is 4.39. The zero-order chi connectivity index (χ0) is 9.64. The van der Waals surface area contributed by atoms with Crippen LogP contribution in [0.15, 0.2) is 42.5 Å². The fraction of sp³-hybridized carbons (Fsp3) is 0.100. The Morgan fingerprint density at radius 2 is 1.93 bits per heavy atom. The smallest absolute Gasteiger partial charge is 0.177 e. The van der Waals surface area contributed by atoms with Crippen molar-refractivity contribution in [2.75, 3.05) is 0 Å². The maximum absolute atomic E-state index is 3.94. The topological polar surface area (TPSA) is 54.5 Å². The van der Waals surface area contributed by atoms with E-state index in [4.69, 9.17) is 0 Å².